The zero-order valence-electron chi connectivity index (χ0n) is 9.37. The lowest BCUT2D eigenvalue weighted by Crippen LogP contribution is -2.21. The fourth-order valence-corrected chi connectivity index (χ4v) is 1.62. The maximum Gasteiger partial charge on any atom is 0.253 e. The third-order valence-corrected chi connectivity index (χ3v) is 2.57. The van der Waals surface area contributed by atoms with Gasteiger partial charge in [-0.1, -0.05) is 11.6 Å². The largest absolute Gasteiger partial charge is 0.490 e. The molecule has 0 N–H and O–H groups in total. The number of carbonyl (C=O) groups is 1. The van der Waals surface area contributed by atoms with Gasteiger partial charge in [-0.05, 0) is 31.0 Å². The number of amides is 1. The first kappa shape index (κ1) is 11.3. The highest BCUT2D eigenvalue weighted by Gasteiger charge is 2.24. The second-order valence-electron chi connectivity index (χ2n) is 4.19. The molecule has 86 valence electrons. The molecule has 0 aliphatic heterocycles. The number of benzene rings is 1. The van der Waals surface area contributed by atoms with E-state index < -0.39 is 0 Å². The molecule has 1 aliphatic carbocycles. The molecule has 0 heterocycles. The van der Waals surface area contributed by atoms with Gasteiger partial charge in [-0.15, -0.1) is 0 Å². The molecule has 0 aromatic heterocycles. The molecule has 4 heteroatoms. The van der Waals surface area contributed by atoms with Crippen LogP contribution in [-0.2, 0) is 0 Å². The Bertz CT molecular complexity index is 413. The Morgan fingerprint density at radius 3 is 2.62 bits per heavy atom. The molecule has 1 aliphatic rings. The highest BCUT2D eigenvalue weighted by molar-refractivity contribution is 6.31. The van der Waals surface area contributed by atoms with E-state index in [1.807, 2.05) is 0 Å². The van der Waals surface area contributed by atoms with Crippen molar-refractivity contribution in [1.29, 1.82) is 0 Å². The molecule has 0 spiro atoms. The highest BCUT2D eigenvalue weighted by Crippen LogP contribution is 2.29. The van der Waals surface area contributed by atoms with Crippen LogP contribution >= 0.6 is 11.6 Å². The normalized spacial score (nSPS) is 14.7. The van der Waals surface area contributed by atoms with Gasteiger partial charge in [-0.2, -0.15) is 0 Å². The number of carbonyl (C=O) groups excluding carboxylic acids is 1. The van der Waals surface area contributed by atoms with Gasteiger partial charge >= 0.3 is 0 Å². The minimum absolute atomic E-state index is 0.0665. The molecule has 0 unspecified atom stereocenters. The minimum atomic E-state index is -0.0665. The van der Waals surface area contributed by atoms with Crippen LogP contribution in [0.15, 0.2) is 18.2 Å². The summed E-state index contributed by atoms with van der Waals surface area (Å²) in [5.74, 6) is 0.614. The molecule has 1 aromatic carbocycles. The Labute approximate surface area is 100.0 Å². The van der Waals surface area contributed by atoms with Crippen molar-refractivity contribution in [1.82, 2.24) is 4.90 Å². The lowest BCUT2D eigenvalue weighted by Gasteiger charge is -2.12. The summed E-state index contributed by atoms with van der Waals surface area (Å²) in [5.41, 5.74) is 0.563. The standard InChI is InChI=1S/C12H14ClNO2/c1-14(2)12(15)8-5-9(13)7-11(6-8)16-10-3-4-10/h5-7,10H,3-4H2,1-2H3. The molecule has 1 amide bonds. The predicted molar refractivity (Wildman–Crippen MR) is 63.1 cm³/mol. The number of nitrogens with zero attached hydrogens (tertiary/aromatic N) is 1. The number of ether oxygens (including phenoxy) is 1. The third-order valence-electron chi connectivity index (χ3n) is 2.35. The monoisotopic (exact) mass is 239 g/mol. The molecule has 2 rings (SSSR count). The van der Waals surface area contributed by atoms with Gasteiger partial charge in [0.15, 0.2) is 0 Å². The summed E-state index contributed by atoms with van der Waals surface area (Å²) in [7, 11) is 3.43. The Kier molecular flexibility index (Phi) is 3.06. The van der Waals surface area contributed by atoms with E-state index in [0.717, 1.165) is 12.8 Å². The first-order chi connectivity index (χ1) is 7.56. The fourth-order valence-electron chi connectivity index (χ4n) is 1.39. The van der Waals surface area contributed by atoms with Crippen LogP contribution in [-0.4, -0.2) is 31.0 Å². The molecule has 0 saturated heterocycles. The Hall–Kier alpha value is -1.22. The zero-order valence-corrected chi connectivity index (χ0v) is 10.1. The summed E-state index contributed by atoms with van der Waals surface area (Å²) < 4.78 is 5.62. The van der Waals surface area contributed by atoms with Gasteiger partial charge in [0.2, 0.25) is 0 Å². The van der Waals surface area contributed by atoms with Crippen molar-refractivity contribution in [3.63, 3.8) is 0 Å². The van der Waals surface area contributed by atoms with Crippen LogP contribution in [0.25, 0.3) is 0 Å². The Morgan fingerprint density at radius 1 is 1.38 bits per heavy atom. The van der Waals surface area contributed by atoms with Crippen molar-refractivity contribution in [3.8, 4) is 5.75 Å². The highest BCUT2D eigenvalue weighted by atomic mass is 35.5. The number of halogens is 1. The average Bonchev–Trinajstić information content (AvgIpc) is 2.99. The van der Waals surface area contributed by atoms with Crippen molar-refractivity contribution in [3.05, 3.63) is 28.8 Å². The topological polar surface area (TPSA) is 29.5 Å². The maximum absolute atomic E-state index is 11.8. The summed E-state index contributed by atoms with van der Waals surface area (Å²) in [5, 5.41) is 0.531. The zero-order chi connectivity index (χ0) is 11.7. The van der Waals surface area contributed by atoms with E-state index in [1.165, 1.54) is 4.90 Å². The lowest BCUT2D eigenvalue weighted by atomic mass is 10.2. The van der Waals surface area contributed by atoms with Crippen molar-refractivity contribution >= 4 is 17.5 Å². The van der Waals surface area contributed by atoms with Crippen LogP contribution < -0.4 is 4.74 Å². The van der Waals surface area contributed by atoms with Crippen LogP contribution in [0.4, 0.5) is 0 Å². The third kappa shape index (κ3) is 2.67. The molecule has 1 aromatic rings. The summed E-state index contributed by atoms with van der Waals surface area (Å²) in [6.45, 7) is 0. The second kappa shape index (κ2) is 4.34. The number of rotatable bonds is 3. The van der Waals surface area contributed by atoms with E-state index in [0.29, 0.717) is 22.4 Å². The average molecular weight is 240 g/mol. The van der Waals surface area contributed by atoms with Gasteiger partial charge < -0.3 is 9.64 Å². The van der Waals surface area contributed by atoms with Crippen molar-refractivity contribution in [2.45, 2.75) is 18.9 Å². The van der Waals surface area contributed by atoms with E-state index in [2.05, 4.69) is 0 Å². The number of hydrogen-bond donors (Lipinski definition) is 0. The number of hydrogen-bond acceptors (Lipinski definition) is 2. The second-order valence-corrected chi connectivity index (χ2v) is 4.63. The van der Waals surface area contributed by atoms with E-state index in [9.17, 15) is 4.79 Å². The molecule has 1 fully saturated rings. The smallest absolute Gasteiger partial charge is 0.253 e. The van der Waals surface area contributed by atoms with E-state index in [1.54, 1.807) is 32.3 Å². The van der Waals surface area contributed by atoms with Crippen LogP contribution in [0.5, 0.6) is 5.75 Å². The molecule has 1 saturated carbocycles. The van der Waals surface area contributed by atoms with Gasteiger partial charge in [0, 0.05) is 24.7 Å². The maximum atomic E-state index is 11.8. The molecule has 16 heavy (non-hydrogen) atoms. The fraction of sp³-hybridized carbons (Fsp3) is 0.417. The van der Waals surface area contributed by atoms with E-state index in [4.69, 9.17) is 16.3 Å². The predicted octanol–water partition coefficient (Wildman–Crippen LogP) is 2.58. The van der Waals surface area contributed by atoms with Crippen LogP contribution in [0.2, 0.25) is 5.02 Å². The van der Waals surface area contributed by atoms with Crippen molar-refractivity contribution in [2.24, 2.45) is 0 Å². The van der Waals surface area contributed by atoms with Gasteiger partial charge in [0.1, 0.15) is 5.75 Å². The molecule has 0 radical (unpaired) electrons. The van der Waals surface area contributed by atoms with E-state index in [-0.39, 0.29) is 5.91 Å². The summed E-state index contributed by atoms with van der Waals surface area (Å²) in [4.78, 5) is 13.3. The summed E-state index contributed by atoms with van der Waals surface area (Å²) in [6, 6.07) is 5.14. The van der Waals surface area contributed by atoms with Gasteiger partial charge in [-0.3, -0.25) is 4.79 Å². The Balaban J connectivity index is 2.23. The molecule has 0 bridgehead atoms. The Morgan fingerprint density at radius 2 is 2.06 bits per heavy atom. The summed E-state index contributed by atoms with van der Waals surface area (Å²) in [6.07, 6.45) is 2.48. The first-order valence-corrected chi connectivity index (χ1v) is 5.63. The van der Waals surface area contributed by atoms with Crippen LogP contribution in [0.3, 0.4) is 0 Å². The lowest BCUT2D eigenvalue weighted by molar-refractivity contribution is 0.0827. The molecule has 3 nitrogen and oxygen atoms in total. The van der Waals surface area contributed by atoms with Crippen LogP contribution in [0.1, 0.15) is 23.2 Å². The van der Waals surface area contributed by atoms with Crippen LogP contribution in [0, 0.1) is 0 Å². The molecule has 0 atom stereocenters. The SMILES string of the molecule is CN(C)C(=O)c1cc(Cl)cc(OC2CC2)c1. The molecular formula is C12H14ClNO2. The van der Waals surface area contributed by atoms with Crippen molar-refractivity contribution < 1.29 is 9.53 Å². The van der Waals surface area contributed by atoms with Gasteiger partial charge in [-0.25, -0.2) is 0 Å². The summed E-state index contributed by atoms with van der Waals surface area (Å²) >= 11 is 5.95. The quantitative estimate of drug-likeness (QED) is 0.812. The minimum Gasteiger partial charge on any atom is -0.490 e. The van der Waals surface area contributed by atoms with Gasteiger partial charge in [0.25, 0.3) is 5.91 Å². The van der Waals surface area contributed by atoms with E-state index >= 15 is 0 Å². The van der Waals surface area contributed by atoms with Gasteiger partial charge in [0.05, 0.1) is 6.10 Å². The first-order valence-electron chi connectivity index (χ1n) is 5.25. The molecular weight excluding hydrogens is 226 g/mol. The van der Waals surface area contributed by atoms with Crippen molar-refractivity contribution in [2.75, 3.05) is 14.1 Å².